The summed E-state index contributed by atoms with van der Waals surface area (Å²) in [5.41, 5.74) is 4.58. The van der Waals surface area contributed by atoms with E-state index in [4.69, 9.17) is 0 Å². The number of alkyl halides is 2. The predicted molar refractivity (Wildman–Crippen MR) is 107 cm³/mol. The van der Waals surface area contributed by atoms with Gasteiger partial charge < -0.3 is 5.32 Å². The van der Waals surface area contributed by atoms with Crippen LogP contribution in [0, 0.1) is 5.92 Å². The topological polar surface area (TPSA) is 60.0 Å². The lowest BCUT2D eigenvalue weighted by atomic mass is 9.78. The zero-order valence-corrected chi connectivity index (χ0v) is 16.8. The molecule has 6 nitrogen and oxygen atoms in total. The summed E-state index contributed by atoms with van der Waals surface area (Å²) in [6.45, 7) is 8.72. The molecule has 154 valence electrons. The summed E-state index contributed by atoms with van der Waals surface area (Å²) in [6.07, 6.45) is 6.74. The third-order valence-corrected chi connectivity index (χ3v) is 5.28. The molecule has 3 aromatic heterocycles. The number of hydrogen-bond donors (Lipinski definition) is 1. The highest BCUT2D eigenvalue weighted by Gasteiger charge is 2.44. The molecule has 1 aliphatic carbocycles. The summed E-state index contributed by atoms with van der Waals surface area (Å²) in [4.78, 5) is 4.69. The average molecular weight is 400 g/mol. The van der Waals surface area contributed by atoms with Crippen LogP contribution in [-0.2, 0) is 13.0 Å². The van der Waals surface area contributed by atoms with Crippen LogP contribution >= 0.6 is 0 Å². The summed E-state index contributed by atoms with van der Waals surface area (Å²) in [5, 5.41) is 12.0. The van der Waals surface area contributed by atoms with Gasteiger partial charge in [0, 0.05) is 49.4 Å². The summed E-state index contributed by atoms with van der Waals surface area (Å²) in [6, 6.07) is 4.29. The molecule has 0 radical (unpaired) electrons. The van der Waals surface area contributed by atoms with Crippen molar-refractivity contribution in [1.82, 2.24) is 29.7 Å². The lowest BCUT2D eigenvalue weighted by molar-refractivity contribution is -0.109. The van der Waals surface area contributed by atoms with E-state index in [1.165, 1.54) is 0 Å². The highest BCUT2D eigenvalue weighted by molar-refractivity contribution is 5.41. The van der Waals surface area contributed by atoms with E-state index in [-0.39, 0.29) is 18.8 Å². The van der Waals surface area contributed by atoms with E-state index in [1.807, 2.05) is 29.2 Å². The van der Waals surface area contributed by atoms with Crippen LogP contribution in [0.1, 0.15) is 56.1 Å². The molecule has 0 amide bonds. The SMILES string of the molecule is C=C(CC1CC(F)(F)C1)NCc1cnn2cc(Cc3ccnn3C(C)C)nc2c1. The van der Waals surface area contributed by atoms with Gasteiger partial charge >= 0.3 is 0 Å². The van der Waals surface area contributed by atoms with Gasteiger partial charge in [-0.2, -0.15) is 10.2 Å². The Morgan fingerprint density at radius 1 is 1.34 bits per heavy atom. The number of aromatic nitrogens is 5. The minimum absolute atomic E-state index is 0.0275. The second-order valence-electron chi connectivity index (χ2n) is 8.23. The van der Waals surface area contributed by atoms with Gasteiger partial charge in [0.15, 0.2) is 5.65 Å². The summed E-state index contributed by atoms with van der Waals surface area (Å²) in [7, 11) is 0. The molecular weight excluding hydrogens is 374 g/mol. The largest absolute Gasteiger partial charge is 0.385 e. The molecule has 0 aliphatic heterocycles. The van der Waals surface area contributed by atoms with E-state index in [0.717, 1.165) is 28.3 Å². The van der Waals surface area contributed by atoms with E-state index in [0.29, 0.717) is 25.4 Å². The minimum Gasteiger partial charge on any atom is -0.385 e. The Hall–Kier alpha value is -2.77. The normalized spacial score (nSPS) is 16.3. The van der Waals surface area contributed by atoms with Crippen LogP contribution in [0.4, 0.5) is 8.78 Å². The van der Waals surface area contributed by atoms with Crippen LogP contribution in [0.15, 0.2) is 43.0 Å². The second kappa shape index (κ2) is 7.57. The van der Waals surface area contributed by atoms with Gasteiger partial charge in [-0.05, 0) is 43.9 Å². The van der Waals surface area contributed by atoms with Crippen LogP contribution in [0.5, 0.6) is 0 Å². The number of hydrogen-bond acceptors (Lipinski definition) is 4. The smallest absolute Gasteiger partial charge is 0.248 e. The van der Waals surface area contributed by atoms with Crippen molar-refractivity contribution in [3.8, 4) is 0 Å². The third kappa shape index (κ3) is 4.46. The monoisotopic (exact) mass is 400 g/mol. The molecule has 0 saturated heterocycles. The fraction of sp³-hybridized carbons (Fsp3) is 0.476. The second-order valence-corrected chi connectivity index (χ2v) is 8.23. The minimum atomic E-state index is -2.48. The van der Waals surface area contributed by atoms with Crippen LogP contribution in [-0.4, -0.2) is 30.3 Å². The lowest BCUT2D eigenvalue weighted by Crippen LogP contribution is -2.36. The fourth-order valence-corrected chi connectivity index (χ4v) is 3.86. The van der Waals surface area contributed by atoms with Gasteiger partial charge in [0.05, 0.1) is 18.1 Å². The summed E-state index contributed by atoms with van der Waals surface area (Å²) in [5.74, 6) is -2.45. The molecule has 0 unspecified atom stereocenters. The van der Waals surface area contributed by atoms with Gasteiger partial charge in [-0.1, -0.05) is 6.58 Å². The van der Waals surface area contributed by atoms with Crippen molar-refractivity contribution in [3.05, 3.63) is 60.0 Å². The fourth-order valence-electron chi connectivity index (χ4n) is 3.86. The van der Waals surface area contributed by atoms with Crippen molar-refractivity contribution in [2.45, 2.75) is 58.0 Å². The molecule has 29 heavy (non-hydrogen) atoms. The van der Waals surface area contributed by atoms with Crippen LogP contribution < -0.4 is 5.32 Å². The lowest BCUT2D eigenvalue weighted by Gasteiger charge is -2.35. The Labute approximate surface area is 168 Å². The molecule has 1 N–H and O–H groups in total. The van der Waals surface area contributed by atoms with Crippen LogP contribution in [0.2, 0.25) is 0 Å². The summed E-state index contributed by atoms with van der Waals surface area (Å²) >= 11 is 0. The van der Waals surface area contributed by atoms with Crippen molar-refractivity contribution in [2.75, 3.05) is 0 Å². The van der Waals surface area contributed by atoms with E-state index in [9.17, 15) is 8.78 Å². The van der Waals surface area contributed by atoms with Crippen molar-refractivity contribution in [2.24, 2.45) is 5.92 Å². The van der Waals surface area contributed by atoms with Gasteiger partial charge in [0.1, 0.15) is 0 Å². The first-order chi connectivity index (χ1) is 13.8. The first-order valence-electron chi connectivity index (χ1n) is 9.94. The number of imidazole rings is 1. The van der Waals surface area contributed by atoms with Crippen molar-refractivity contribution in [1.29, 1.82) is 0 Å². The van der Waals surface area contributed by atoms with Crippen LogP contribution in [0.3, 0.4) is 0 Å². The molecule has 0 aromatic carbocycles. The summed E-state index contributed by atoms with van der Waals surface area (Å²) < 4.78 is 29.7. The molecule has 0 spiro atoms. The predicted octanol–water partition coefficient (Wildman–Crippen LogP) is 4.14. The molecule has 0 bridgehead atoms. The van der Waals surface area contributed by atoms with E-state index in [1.54, 1.807) is 10.7 Å². The Bertz CT molecular complexity index is 1010. The standard InChI is InChI=1S/C21H26F2N6/c1-14(2)29-19(4-5-25-29)8-18-13-28-20(27-18)7-17(12-26-28)11-24-15(3)6-16-9-21(22,23)10-16/h4-5,7,12-14,16,24H,3,6,8-11H2,1-2H3. The van der Waals surface area contributed by atoms with Gasteiger partial charge in [-0.3, -0.25) is 4.68 Å². The molecule has 3 heterocycles. The maximum Gasteiger partial charge on any atom is 0.248 e. The maximum atomic E-state index is 12.9. The molecule has 1 aliphatic rings. The van der Waals surface area contributed by atoms with Gasteiger partial charge in [0.2, 0.25) is 5.92 Å². The number of nitrogens with one attached hydrogen (secondary N) is 1. The number of halogens is 2. The van der Waals surface area contributed by atoms with Gasteiger partial charge in [-0.25, -0.2) is 18.3 Å². The molecule has 4 rings (SSSR count). The first kappa shape index (κ1) is 19.5. The molecule has 8 heteroatoms. The number of fused-ring (bicyclic) bond motifs is 1. The molecule has 1 saturated carbocycles. The van der Waals surface area contributed by atoms with Crippen molar-refractivity contribution < 1.29 is 8.78 Å². The zero-order valence-electron chi connectivity index (χ0n) is 16.8. The molecule has 3 aromatic rings. The quantitative estimate of drug-likeness (QED) is 0.618. The van der Waals surface area contributed by atoms with E-state index < -0.39 is 5.92 Å². The highest BCUT2D eigenvalue weighted by atomic mass is 19.3. The Morgan fingerprint density at radius 3 is 2.86 bits per heavy atom. The van der Waals surface area contributed by atoms with E-state index in [2.05, 4.69) is 40.9 Å². The van der Waals surface area contributed by atoms with Gasteiger partial charge in [-0.15, -0.1) is 0 Å². The van der Waals surface area contributed by atoms with Gasteiger partial charge in [0.25, 0.3) is 0 Å². The van der Waals surface area contributed by atoms with E-state index >= 15 is 0 Å². The Kier molecular flexibility index (Phi) is 5.10. The third-order valence-electron chi connectivity index (χ3n) is 5.28. The van der Waals surface area contributed by atoms with Crippen molar-refractivity contribution >= 4 is 5.65 Å². The highest BCUT2D eigenvalue weighted by Crippen LogP contribution is 2.44. The average Bonchev–Trinajstić information content (AvgIpc) is 3.24. The zero-order chi connectivity index (χ0) is 20.6. The maximum absolute atomic E-state index is 12.9. The molecular formula is C21H26F2N6. The van der Waals surface area contributed by atoms with Crippen LogP contribution in [0.25, 0.3) is 5.65 Å². The van der Waals surface area contributed by atoms with Crippen molar-refractivity contribution in [3.63, 3.8) is 0 Å². The Balaban J connectivity index is 1.37. The first-order valence-corrected chi connectivity index (χ1v) is 9.94. The Morgan fingerprint density at radius 2 is 2.14 bits per heavy atom. The number of rotatable bonds is 8. The molecule has 1 fully saturated rings. The number of allylic oxidation sites excluding steroid dienone is 1. The number of nitrogens with zero attached hydrogens (tertiary/aromatic N) is 5. The molecule has 0 atom stereocenters.